The molecule has 0 amide bonds. The minimum Gasteiger partial charge on any atom is -0.460 e. The third kappa shape index (κ3) is 13.4. The van der Waals surface area contributed by atoms with Gasteiger partial charge in [0.15, 0.2) is 5.96 Å². The lowest BCUT2D eigenvalue weighted by molar-refractivity contribution is -0.154. The van der Waals surface area contributed by atoms with Crippen LogP contribution in [0.2, 0.25) is 0 Å². The number of hydrogen-bond acceptors (Lipinski definition) is 4. The molecule has 6 nitrogen and oxygen atoms in total. The highest BCUT2D eigenvalue weighted by atomic mass is 127. The van der Waals surface area contributed by atoms with Gasteiger partial charge in [-0.1, -0.05) is 18.9 Å². The Morgan fingerprint density at radius 2 is 1.86 bits per heavy atom. The molecular formula is C21H41IN4O2. The number of unbranched alkanes of at least 4 members (excludes halogenated alkanes) is 3. The molecule has 0 unspecified atom stereocenters. The first-order valence-corrected chi connectivity index (χ1v) is 10.4. The van der Waals surface area contributed by atoms with Crippen LogP contribution in [0.3, 0.4) is 0 Å². The summed E-state index contributed by atoms with van der Waals surface area (Å²) < 4.78 is 5.32. The molecule has 0 saturated carbocycles. The lowest BCUT2D eigenvalue weighted by Crippen LogP contribution is -2.48. The van der Waals surface area contributed by atoms with Crippen LogP contribution >= 0.6 is 24.0 Å². The Hall–Kier alpha value is -0.830. The topological polar surface area (TPSA) is 66.0 Å². The molecule has 1 rings (SSSR count). The highest BCUT2D eigenvalue weighted by Crippen LogP contribution is 2.11. The Morgan fingerprint density at radius 1 is 1.21 bits per heavy atom. The van der Waals surface area contributed by atoms with Crippen LogP contribution in [0.4, 0.5) is 0 Å². The Labute approximate surface area is 189 Å². The standard InChI is InChI=1S/C21H40N4O2.HI/c1-6-15-25-16-12-18(13-17-25)24-20(22-5)23-14-10-8-7-9-11-19(26)27-21(2,3)4;/h6,18H,1,7-17H2,2-5H3,(H2,22,23,24);1H. The zero-order valence-corrected chi connectivity index (χ0v) is 20.6. The first kappa shape index (κ1) is 27.2. The van der Waals surface area contributed by atoms with Crippen LogP contribution in [-0.4, -0.2) is 61.7 Å². The van der Waals surface area contributed by atoms with Gasteiger partial charge in [-0.15, -0.1) is 30.6 Å². The van der Waals surface area contributed by atoms with Gasteiger partial charge in [-0.25, -0.2) is 0 Å². The lowest BCUT2D eigenvalue weighted by atomic mass is 10.1. The van der Waals surface area contributed by atoms with Gasteiger partial charge in [-0.3, -0.25) is 14.7 Å². The second-order valence-corrected chi connectivity index (χ2v) is 8.26. The van der Waals surface area contributed by atoms with E-state index in [0.717, 1.165) is 70.7 Å². The van der Waals surface area contributed by atoms with Gasteiger partial charge < -0.3 is 15.4 Å². The van der Waals surface area contributed by atoms with Gasteiger partial charge in [0, 0.05) is 45.7 Å². The van der Waals surface area contributed by atoms with Crippen molar-refractivity contribution in [2.45, 2.75) is 77.4 Å². The van der Waals surface area contributed by atoms with Crippen molar-refractivity contribution < 1.29 is 9.53 Å². The van der Waals surface area contributed by atoms with Gasteiger partial charge in [0.1, 0.15) is 5.60 Å². The fourth-order valence-corrected chi connectivity index (χ4v) is 3.18. The Morgan fingerprint density at radius 3 is 2.43 bits per heavy atom. The molecule has 28 heavy (non-hydrogen) atoms. The molecule has 7 heteroatoms. The zero-order valence-electron chi connectivity index (χ0n) is 18.3. The molecule has 1 aliphatic heterocycles. The first-order chi connectivity index (χ1) is 12.8. The quantitative estimate of drug-likeness (QED) is 0.118. The maximum atomic E-state index is 11.7. The molecule has 1 saturated heterocycles. The van der Waals surface area contributed by atoms with Crippen molar-refractivity contribution in [3.05, 3.63) is 12.7 Å². The van der Waals surface area contributed by atoms with E-state index in [9.17, 15) is 4.79 Å². The number of piperidine rings is 1. The highest BCUT2D eigenvalue weighted by molar-refractivity contribution is 14.0. The average Bonchev–Trinajstić information content (AvgIpc) is 2.60. The van der Waals surface area contributed by atoms with Gasteiger partial charge in [-0.05, 0) is 46.5 Å². The van der Waals surface area contributed by atoms with Gasteiger partial charge in [-0.2, -0.15) is 0 Å². The summed E-state index contributed by atoms with van der Waals surface area (Å²) in [5, 5.41) is 6.93. The number of nitrogens with zero attached hydrogens (tertiary/aromatic N) is 2. The molecule has 1 heterocycles. The fourth-order valence-electron chi connectivity index (χ4n) is 3.18. The van der Waals surface area contributed by atoms with E-state index in [-0.39, 0.29) is 35.5 Å². The highest BCUT2D eigenvalue weighted by Gasteiger charge is 2.19. The Bertz CT molecular complexity index is 470. The summed E-state index contributed by atoms with van der Waals surface area (Å²) in [7, 11) is 1.82. The van der Waals surface area contributed by atoms with Gasteiger partial charge in [0.25, 0.3) is 0 Å². The maximum absolute atomic E-state index is 11.7. The van der Waals surface area contributed by atoms with E-state index in [2.05, 4.69) is 27.1 Å². The van der Waals surface area contributed by atoms with E-state index >= 15 is 0 Å². The van der Waals surface area contributed by atoms with Crippen molar-refractivity contribution in [1.82, 2.24) is 15.5 Å². The number of rotatable bonds is 10. The van der Waals surface area contributed by atoms with Crippen LogP contribution < -0.4 is 10.6 Å². The molecule has 0 bridgehead atoms. The van der Waals surface area contributed by atoms with E-state index in [1.807, 2.05) is 33.9 Å². The van der Waals surface area contributed by atoms with Crippen molar-refractivity contribution >= 4 is 35.9 Å². The monoisotopic (exact) mass is 508 g/mol. The third-order valence-electron chi connectivity index (χ3n) is 4.56. The van der Waals surface area contributed by atoms with Gasteiger partial charge in [0.2, 0.25) is 0 Å². The number of carbonyl (C=O) groups is 1. The third-order valence-corrected chi connectivity index (χ3v) is 4.56. The number of likely N-dealkylation sites (tertiary alicyclic amines) is 1. The van der Waals surface area contributed by atoms with Crippen LogP contribution in [-0.2, 0) is 9.53 Å². The largest absolute Gasteiger partial charge is 0.460 e. The minimum atomic E-state index is -0.383. The van der Waals surface area contributed by atoms with Crippen molar-refractivity contribution in [3.63, 3.8) is 0 Å². The predicted molar refractivity (Wildman–Crippen MR) is 129 cm³/mol. The molecule has 1 aliphatic rings. The zero-order chi connectivity index (χ0) is 20.1. The van der Waals surface area contributed by atoms with E-state index in [1.54, 1.807) is 0 Å². The molecule has 0 spiro atoms. The van der Waals surface area contributed by atoms with Crippen LogP contribution in [0.1, 0.15) is 65.7 Å². The molecule has 0 aromatic carbocycles. The van der Waals surface area contributed by atoms with E-state index in [4.69, 9.17) is 4.74 Å². The molecule has 0 aromatic rings. The van der Waals surface area contributed by atoms with E-state index < -0.39 is 0 Å². The SMILES string of the molecule is C=CCN1CCC(NC(=NC)NCCCCCCC(=O)OC(C)(C)C)CC1.I. The number of hydrogen-bond donors (Lipinski definition) is 2. The molecule has 0 radical (unpaired) electrons. The molecule has 164 valence electrons. The number of ether oxygens (including phenoxy) is 1. The number of esters is 1. The average molecular weight is 508 g/mol. The predicted octanol–water partition coefficient (Wildman–Crippen LogP) is 3.71. The molecule has 0 aromatic heterocycles. The van der Waals surface area contributed by atoms with Crippen LogP contribution in [0.5, 0.6) is 0 Å². The Balaban J connectivity index is 0.00000729. The van der Waals surface area contributed by atoms with E-state index in [0.29, 0.717) is 12.5 Å². The second kappa shape index (κ2) is 15.1. The van der Waals surface area contributed by atoms with Crippen molar-refractivity contribution in [2.24, 2.45) is 4.99 Å². The first-order valence-electron chi connectivity index (χ1n) is 10.4. The van der Waals surface area contributed by atoms with Crippen molar-refractivity contribution in [3.8, 4) is 0 Å². The summed E-state index contributed by atoms with van der Waals surface area (Å²) in [6.45, 7) is 13.6. The summed E-state index contributed by atoms with van der Waals surface area (Å²) in [4.78, 5) is 18.4. The van der Waals surface area contributed by atoms with Crippen molar-refractivity contribution in [2.75, 3.05) is 33.2 Å². The smallest absolute Gasteiger partial charge is 0.306 e. The number of halogens is 1. The summed E-state index contributed by atoms with van der Waals surface area (Å²) >= 11 is 0. The van der Waals surface area contributed by atoms with Gasteiger partial charge in [0.05, 0.1) is 0 Å². The maximum Gasteiger partial charge on any atom is 0.306 e. The van der Waals surface area contributed by atoms with Crippen LogP contribution in [0.15, 0.2) is 17.6 Å². The molecule has 2 N–H and O–H groups in total. The summed E-state index contributed by atoms with van der Waals surface area (Å²) in [6.07, 6.45) is 8.89. The number of nitrogens with one attached hydrogen (secondary N) is 2. The fraction of sp³-hybridized carbons (Fsp3) is 0.810. The number of carbonyl (C=O) groups excluding carboxylic acids is 1. The number of guanidine groups is 1. The summed E-state index contributed by atoms with van der Waals surface area (Å²) in [5.74, 6) is 0.801. The second-order valence-electron chi connectivity index (χ2n) is 8.26. The Kier molecular flexibility index (Phi) is 14.6. The summed E-state index contributed by atoms with van der Waals surface area (Å²) in [6, 6.07) is 0.492. The van der Waals surface area contributed by atoms with Crippen molar-refractivity contribution in [1.29, 1.82) is 0 Å². The number of aliphatic imine (C=N–C) groups is 1. The molecular weight excluding hydrogens is 467 g/mol. The van der Waals surface area contributed by atoms with Crippen LogP contribution in [0, 0.1) is 0 Å². The molecule has 0 atom stereocenters. The van der Waals surface area contributed by atoms with Gasteiger partial charge >= 0.3 is 5.97 Å². The van der Waals surface area contributed by atoms with E-state index in [1.165, 1.54) is 0 Å². The van der Waals surface area contributed by atoms with Crippen LogP contribution in [0.25, 0.3) is 0 Å². The molecule has 1 fully saturated rings. The molecule has 0 aliphatic carbocycles. The normalized spacial score (nSPS) is 16.2. The summed E-state index contributed by atoms with van der Waals surface area (Å²) in [5.41, 5.74) is -0.383. The lowest BCUT2D eigenvalue weighted by Gasteiger charge is -2.32. The minimum absolute atomic E-state index is 0.